The Balaban J connectivity index is 1.84. The first-order chi connectivity index (χ1) is 10.4. The Morgan fingerprint density at radius 2 is 2.05 bits per heavy atom. The SMILES string of the molecule is CN(C(CO)c1ccc(Cl)cc1)S(=O)(=O)N1CC2CCC1C2. The van der Waals surface area contributed by atoms with Gasteiger partial charge in [0.05, 0.1) is 12.6 Å². The van der Waals surface area contributed by atoms with Crippen LogP contribution in [-0.2, 0) is 10.2 Å². The first kappa shape index (κ1) is 16.2. The van der Waals surface area contributed by atoms with Crippen LogP contribution in [0.3, 0.4) is 0 Å². The maximum atomic E-state index is 12.9. The van der Waals surface area contributed by atoms with E-state index in [-0.39, 0.29) is 12.6 Å². The summed E-state index contributed by atoms with van der Waals surface area (Å²) in [7, 11) is -2.03. The van der Waals surface area contributed by atoms with E-state index in [0.717, 1.165) is 24.8 Å². The molecule has 1 heterocycles. The fourth-order valence-corrected chi connectivity index (χ4v) is 5.54. The lowest BCUT2D eigenvalue weighted by molar-refractivity contribution is 0.192. The fraction of sp³-hybridized carbons (Fsp3) is 0.600. The molecule has 1 aromatic carbocycles. The number of rotatable bonds is 5. The average Bonchev–Trinajstić information content (AvgIpc) is 3.13. The summed E-state index contributed by atoms with van der Waals surface area (Å²) in [5.41, 5.74) is 0.738. The van der Waals surface area contributed by atoms with E-state index in [0.29, 0.717) is 17.5 Å². The van der Waals surface area contributed by atoms with E-state index >= 15 is 0 Å². The Bertz CT molecular complexity index is 635. The summed E-state index contributed by atoms with van der Waals surface area (Å²) in [6, 6.07) is 6.45. The van der Waals surface area contributed by atoms with E-state index in [9.17, 15) is 13.5 Å². The predicted octanol–water partition coefficient (Wildman–Crippen LogP) is 2.03. The standard InChI is InChI=1S/C15H21ClN2O3S/c1-17(15(10-19)12-3-5-13(16)6-4-12)22(20,21)18-9-11-2-7-14(18)8-11/h3-6,11,14-15,19H,2,7-10H2,1H3. The van der Waals surface area contributed by atoms with E-state index in [4.69, 9.17) is 11.6 Å². The van der Waals surface area contributed by atoms with Crippen molar-refractivity contribution in [2.24, 2.45) is 5.92 Å². The summed E-state index contributed by atoms with van der Waals surface area (Å²) in [6.45, 7) is 0.343. The molecule has 0 amide bonds. The third-order valence-electron chi connectivity index (χ3n) is 4.89. The number of hydrogen-bond acceptors (Lipinski definition) is 3. The second kappa shape index (κ2) is 6.09. The minimum absolute atomic E-state index is 0.127. The summed E-state index contributed by atoms with van der Waals surface area (Å²) in [5.74, 6) is 0.497. The van der Waals surface area contributed by atoms with Crippen molar-refractivity contribution in [2.45, 2.75) is 31.3 Å². The van der Waals surface area contributed by atoms with E-state index in [1.807, 2.05) is 0 Å². The zero-order chi connectivity index (χ0) is 15.9. The first-order valence-electron chi connectivity index (χ1n) is 7.54. The quantitative estimate of drug-likeness (QED) is 0.889. The summed E-state index contributed by atoms with van der Waals surface area (Å²) in [4.78, 5) is 0. The highest BCUT2D eigenvalue weighted by Gasteiger charge is 2.46. The molecule has 22 heavy (non-hydrogen) atoms. The molecule has 3 rings (SSSR count). The Hall–Kier alpha value is -0.660. The van der Waals surface area contributed by atoms with Gasteiger partial charge < -0.3 is 5.11 Å². The van der Waals surface area contributed by atoms with E-state index in [1.54, 1.807) is 28.6 Å². The smallest absolute Gasteiger partial charge is 0.282 e. The van der Waals surface area contributed by atoms with Crippen LogP contribution >= 0.6 is 11.6 Å². The number of likely N-dealkylation sites (N-methyl/N-ethyl adjacent to an activating group) is 1. The number of halogens is 1. The normalized spacial score (nSPS) is 26.7. The summed E-state index contributed by atoms with van der Waals surface area (Å²) >= 11 is 5.87. The Morgan fingerprint density at radius 1 is 1.36 bits per heavy atom. The van der Waals surface area contributed by atoms with Gasteiger partial charge in [-0.1, -0.05) is 23.7 Å². The van der Waals surface area contributed by atoms with Gasteiger partial charge in [-0.3, -0.25) is 0 Å². The minimum Gasteiger partial charge on any atom is -0.394 e. The highest BCUT2D eigenvalue weighted by Crippen LogP contribution is 2.40. The molecule has 1 N–H and O–H groups in total. The lowest BCUT2D eigenvalue weighted by Gasteiger charge is -2.34. The molecule has 1 saturated heterocycles. The largest absolute Gasteiger partial charge is 0.394 e. The molecule has 3 atom stereocenters. The molecule has 1 aliphatic carbocycles. The van der Waals surface area contributed by atoms with Gasteiger partial charge in [0.15, 0.2) is 0 Å². The van der Waals surface area contributed by atoms with Crippen molar-refractivity contribution in [2.75, 3.05) is 20.2 Å². The maximum Gasteiger partial charge on any atom is 0.282 e. The zero-order valence-corrected chi connectivity index (χ0v) is 14.1. The third kappa shape index (κ3) is 2.78. The number of aliphatic hydroxyl groups is 1. The number of piperidine rings is 1. The van der Waals surface area contributed by atoms with Gasteiger partial charge in [0.1, 0.15) is 0 Å². The highest BCUT2D eigenvalue weighted by atomic mass is 35.5. The van der Waals surface area contributed by atoms with Crippen molar-refractivity contribution in [3.8, 4) is 0 Å². The number of nitrogens with zero attached hydrogens (tertiary/aromatic N) is 2. The van der Waals surface area contributed by atoms with Gasteiger partial charge >= 0.3 is 0 Å². The lowest BCUT2D eigenvalue weighted by Crippen LogP contribution is -2.47. The van der Waals surface area contributed by atoms with Crippen molar-refractivity contribution in [3.63, 3.8) is 0 Å². The second-order valence-electron chi connectivity index (χ2n) is 6.18. The van der Waals surface area contributed by atoms with Crippen molar-refractivity contribution in [1.29, 1.82) is 0 Å². The van der Waals surface area contributed by atoms with Crippen LogP contribution in [0.15, 0.2) is 24.3 Å². The van der Waals surface area contributed by atoms with Crippen LogP contribution in [0.5, 0.6) is 0 Å². The molecule has 1 saturated carbocycles. The third-order valence-corrected chi connectivity index (χ3v) is 7.16. The van der Waals surface area contributed by atoms with Crippen LogP contribution in [0, 0.1) is 5.92 Å². The molecule has 2 bridgehead atoms. The van der Waals surface area contributed by atoms with Crippen molar-refractivity contribution < 1.29 is 13.5 Å². The summed E-state index contributed by atoms with van der Waals surface area (Å²) in [6.07, 6.45) is 3.04. The predicted molar refractivity (Wildman–Crippen MR) is 85.8 cm³/mol. The van der Waals surface area contributed by atoms with Gasteiger partial charge in [0.25, 0.3) is 10.2 Å². The van der Waals surface area contributed by atoms with Gasteiger partial charge in [-0.05, 0) is 42.9 Å². The van der Waals surface area contributed by atoms with Gasteiger partial charge in [-0.25, -0.2) is 0 Å². The fourth-order valence-electron chi connectivity index (χ4n) is 3.60. The van der Waals surface area contributed by atoms with E-state index in [1.165, 1.54) is 11.4 Å². The number of fused-ring (bicyclic) bond motifs is 2. The summed E-state index contributed by atoms with van der Waals surface area (Å²) in [5, 5.41) is 10.3. The molecular formula is C15H21ClN2O3S. The molecule has 1 aliphatic heterocycles. The van der Waals surface area contributed by atoms with Crippen LogP contribution < -0.4 is 0 Å². The molecule has 5 nitrogen and oxygen atoms in total. The van der Waals surface area contributed by atoms with Crippen LogP contribution in [0.2, 0.25) is 5.02 Å². The zero-order valence-electron chi connectivity index (χ0n) is 12.5. The maximum absolute atomic E-state index is 12.9. The van der Waals surface area contributed by atoms with Crippen LogP contribution in [0.1, 0.15) is 30.9 Å². The monoisotopic (exact) mass is 344 g/mol. The molecule has 7 heteroatoms. The van der Waals surface area contributed by atoms with Gasteiger partial charge in [0, 0.05) is 24.7 Å². The Kier molecular flexibility index (Phi) is 4.49. The first-order valence-corrected chi connectivity index (χ1v) is 9.32. The van der Waals surface area contributed by atoms with Gasteiger partial charge in [-0.15, -0.1) is 0 Å². The minimum atomic E-state index is -3.57. The van der Waals surface area contributed by atoms with Crippen LogP contribution in [0.4, 0.5) is 0 Å². The van der Waals surface area contributed by atoms with Crippen molar-refractivity contribution >= 4 is 21.8 Å². The van der Waals surface area contributed by atoms with Crippen LogP contribution in [-0.4, -0.2) is 48.4 Å². The second-order valence-corrected chi connectivity index (χ2v) is 8.55. The van der Waals surface area contributed by atoms with E-state index < -0.39 is 16.3 Å². The molecule has 3 unspecified atom stereocenters. The molecule has 122 valence electrons. The Labute approximate surface area is 136 Å². The number of hydrogen-bond donors (Lipinski definition) is 1. The van der Waals surface area contributed by atoms with Gasteiger partial charge in [0.2, 0.25) is 0 Å². The molecular weight excluding hydrogens is 324 g/mol. The average molecular weight is 345 g/mol. The van der Waals surface area contributed by atoms with Crippen molar-refractivity contribution in [1.82, 2.24) is 8.61 Å². The topological polar surface area (TPSA) is 60.9 Å². The molecule has 1 aromatic rings. The van der Waals surface area contributed by atoms with E-state index in [2.05, 4.69) is 0 Å². The van der Waals surface area contributed by atoms with Crippen LogP contribution in [0.25, 0.3) is 0 Å². The number of benzene rings is 1. The molecule has 2 aliphatic rings. The highest BCUT2D eigenvalue weighted by molar-refractivity contribution is 7.86. The van der Waals surface area contributed by atoms with Crippen molar-refractivity contribution in [3.05, 3.63) is 34.9 Å². The molecule has 2 fully saturated rings. The summed E-state index contributed by atoms with van der Waals surface area (Å²) < 4.78 is 28.7. The molecule has 0 aromatic heterocycles. The molecule has 0 spiro atoms. The lowest BCUT2D eigenvalue weighted by atomic mass is 10.1. The van der Waals surface area contributed by atoms with Gasteiger partial charge in [-0.2, -0.15) is 17.0 Å². The number of aliphatic hydroxyl groups excluding tert-OH is 1. The molecule has 0 radical (unpaired) electrons. The Morgan fingerprint density at radius 3 is 2.55 bits per heavy atom.